The quantitative estimate of drug-likeness (QED) is 0.519. The molecule has 156 valence electrons. The minimum atomic E-state index is -0.0774. The summed E-state index contributed by atoms with van der Waals surface area (Å²) in [6, 6.07) is 15.2. The van der Waals surface area contributed by atoms with E-state index in [1.807, 2.05) is 49.4 Å². The molecule has 2 aromatic heterocycles. The Morgan fingerprint density at radius 2 is 2.00 bits per heavy atom. The number of aromatic nitrogens is 2. The second kappa shape index (κ2) is 9.89. The van der Waals surface area contributed by atoms with Gasteiger partial charge in [-0.05, 0) is 42.8 Å². The van der Waals surface area contributed by atoms with E-state index in [2.05, 4.69) is 9.97 Å². The fraction of sp³-hybridized carbons (Fsp3) is 0.304. The van der Waals surface area contributed by atoms with E-state index in [0.717, 1.165) is 28.3 Å². The molecule has 0 spiro atoms. The van der Waals surface area contributed by atoms with Gasteiger partial charge in [0.1, 0.15) is 36.0 Å². The summed E-state index contributed by atoms with van der Waals surface area (Å²) in [4.78, 5) is 8.73. The van der Waals surface area contributed by atoms with Crippen LogP contribution in [0, 0.1) is 6.92 Å². The lowest BCUT2D eigenvalue weighted by Crippen LogP contribution is -2.33. The van der Waals surface area contributed by atoms with E-state index >= 15 is 0 Å². The van der Waals surface area contributed by atoms with Gasteiger partial charge in [-0.15, -0.1) is 0 Å². The average molecular weight is 427 g/mol. The molecule has 1 atom stereocenters. The van der Waals surface area contributed by atoms with Gasteiger partial charge >= 0.3 is 0 Å². The van der Waals surface area contributed by atoms with Crippen molar-refractivity contribution in [1.29, 1.82) is 0 Å². The van der Waals surface area contributed by atoms with Crippen LogP contribution >= 0.6 is 11.6 Å². The standard InChI is InChI=1S/C23H23ClN2O4/c1-16-10-18(29-13-17-4-2-3-7-25-17)5-6-21(16)22-11-19(12-23(24)26-22)30-15-20-14-27-8-9-28-20/h2-7,10-12,20H,8-9,13-15H2,1H3/t20-/m1/s1. The van der Waals surface area contributed by atoms with Crippen molar-refractivity contribution in [3.8, 4) is 22.8 Å². The number of ether oxygens (including phenoxy) is 4. The van der Waals surface area contributed by atoms with Crippen molar-refractivity contribution < 1.29 is 18.9 Å². The van der Waals surface area contributed by atoms with E-state index in [1.54, 1.807) is 12.3 Å². The molecule has 0 bridgehead atoms. The molecule has 0 unspecified atom stereocenters. The summed E-state index contributed by atoms with van der Waals surface area (Å²) in [5.74, 6) is 1.42. The van der Waals surface area contributed by atoms with Gasteiger partial charge in [-0.2, -0.15) is 0 Å². The van der Waals surface area contributed by atoms with Crippen molar-refractivity contribution in [2.75, 3.05) is 26.4 Å². The van der Waals surface area contributed by atoms with Gasteiger partial charge in [0.25, 0.3) is 0 Å². The summed E-state index contributed by atoms with van der Waals surface area (Å²) in [6.45, 7) is 4.58. The van der Waals surface area contributed by atoms with Crippen LogP contribution in [0.15, 0.2) is 54.7 Å². The number of hydrogen-bond acceptors (Lipinski definition) is 6. The van der Waals surface area contributed by atoms with E-state index in [9.17, 15) is 0 Å². The van der Waals surface area contributed by atoms with Gasteiger partial charge < -0.3 is 18.9 Å². The Kier molecular flexibility index (Phi) is 6.79. The van der Waals surface area contributed by atoms with Crippen molar-refractivity contribution in [2.24, 2.45) is 0 Å². The van der Waals surface area contributed by atoms with Crippen LogP contribution in [0.2, 0.25) is 5.15 Å². The van der Waals surface area contributed by atoms with Crippen molar-refractivity contribution in [3.05, 3.63) is 71.1 Å². The molecule has 0 aliphatic carbocycles. The summed E-state index contributed by atoms with van der Waals surface area (Å²) >= 11 is 6.24. The van der Waals surface area contributed by atoms with Crippen LogP contribution in [0.3, 0.4) is 0 Å². The normalized spacial score (nSPS) is 16.3. The number of halogens is 1. The minimum absolute atomic E-state index is 0.0774. The number of rotatable bonds is 7. The van der Waals surface area contributed by atoms with Crippen LogP contribution in [0.25, 0.3) is 11.3 Å². The fourth-order valence-corrected chi connectivity index (χ4v) is 3.37. The first-order chi connectivity index (χ1) is 14.7. The SMILES string of the molecule is Cc1cc(OCc2ccccn2)ccc1-c1cc(OC[C@H]2COCCO2)cc(Cl)n1. The maximum Gasteiger partial charge on any atom is 0.133 e. The number of nitrogens with zero attached hydrogens (tertiary/aromatic N) is 2. The predicted octanol–water partition coefficient (Wildman–Crippen LogP) is 4.48. The maximum absolute atomic E-state index is 6.24. The lowest BCUT2D eigenvalue weighted by atomic mass is 10.0. The van der Waals surface area contributed by atoms with Crippen molar-refractivity contribution in [1.82, 2.24) is 9.97 Å². The minimum Gasteiger partial charge on any atom is -0.491 e. The Balaban J connectivity index is 1.45. The smallest absolute Gasteiger partial charge is 0.133 e. The first-order valence-electron chi connectivity index (χ1n) is 9.81. The molecule has 0 radical (unpaired) electrons. The molecular formula is C23H23ClN2O4. The Hall–Kier alpha value is -2.67. The highest BCUT2D eigenvalue weighted by molar-refractivity contribution is 6.29. The second-order valence-electron chi connectivity index (χ2n) is 6.98. The Labute approximate surface area is 180 Å². The number of aryl methyl sites for hydroxylation is 1. The first-order valence-corrected chi connectivity index (χ1v) is 10.2. The molecule has 6 nitrogen and oxygen atoms in total. The first kappa shape index (κ1) is 20.6. The van der Waals surface area contributed by atoms with E-state index in [-0.39, 0.29) is 6.10 Å². The van der Waals surface area contributed by atoms with E-state index in [0.29, 0.717) is 43.9 Å². The van der Waals surface area contributed by atoms with E-state index in [1.165, 1.54) is 0 Å². The second-order valence-corrected chi connectivity index (χ2v) is 7.36. The largest absolute Gasteiger partial charge is 0.491 e. The Morgan fingerprint density at radius 3 is 2.77 bits per heavy atom. The Morgan fingerprint density at radius 1 is 1.07 bits per heavy atom. The number of benzene rings is 1. The lowest BCUT2D eigenvalue weighted by molar-refractivity contribution is -0.101. The van der Waals surface area contributed by atoms with Crippen LogP contribution in [0.1, 0.15) is 11.3 Å². The Bertz CT molecular complexity index is 978. The third-order valence-electron chi connectivity index (χ3n) is 4.68. The summed E-state index contributed by atoms with van der Waals surface area (Å²) in [7, 11) is 0. The van der Waals surface area contributed by atoms with Crippen LogP contribution in [-0.4, -0.2) is 42.5 Å². The monoisotopic (exact) mass is 426 g/mol. The molecular weight excluding hydrogens is 404 g/mol. The van der Waals surface area contributed by atoms with Crippen LogP contribution in [0.5, 0.6) is 11.5 Å². The zero-order valence-electron chi connectivity index (χ0n) is 16.7. The molecule has 4 rings (SSSR count). The molecule has 1 saturated heterocycles. The van der Waals surface area contributed by atoms with Crippen LogP contribution < -0.4 is 9.47 Å². The highest BCUT2D eigenvalue weighted by atomic mass is 35.5. The fourth-order valence-electron chi connectivity index (χ4n) is 3.17. The van der Waals surface area contributed by atoms with Gasteiger partial charge in [-0.1, -0.05) is 17.7 Å². The molecule has 7 heteroatoms. The maximum atomic E-state index is 6.24. The molecule has 3 heterocycles. The summed E-state index contributed by atoms with van der Waals surface area (Å²) in [6.07, 6.45) is 1.68. The van der Waals surface area contributed by atoms with Gasteiger partial charge in [0.15, 0.2) is 0 Å². The van der Waals surface area contributed by atoms with Gasteiger partial charge in [-0.3, -0.25) is 4.98 Å². The van der Waals surface area contributed by atoms with Crippen LogP contribution in [0.4, 0.5) is 0 Å². The highest BCUT2D eigenvalue weighted by Crippen LogP contribution is 2.30. The predicted molar refractivity (Wildman–Crippen MR) is 114 cm³/mol. The summed E-state index contributed by atoms with van der Waals surface area (Å²) < 4.78 is 22.8. The topological polar surface area (TPSA) is 62.7 Å². The third kappa shape index (κ3) is 5.48. The van der Waals surface area contributed by atoms with Gasteiger partial charge in [0, 0.05) is 23.9 Å². The zero-order chi connectivity index (χ0) is 20.8. The van der Waals surface area contributed by atoms with Gasteiger partial charge in [0.2, 0.25) is 0 Å². The van der Waals surface area contributed by atoms with Crippen LogP contribution in [-0.2, 0) is 16.1 Å². The molecule has 0 N–H and O–H groups in total. The molecule has 0 saturated carbocycles. The molecule has 1 fully saturated rings. The van der Waals surface area contributed by atoms with E-state index < -0.39 is 0 Å². The van der Waals surface area contributed by atoms with Crippen molar-refractivity contribution in [3.63, 3.8) is 0 Å². The average Bonchev–Trinajstić information content (AvgIpc) is 2.77. The highest BCUT2D eigenvalue weighted by Gasteiger charge is 2.16. The number of hydrogen-bond donors (Lipinski definition) is 0. The summed E-state index contributed by atoms with van der Waals surface area (Å²) in [5, 5.41) is 0.373. The molecule has 30 heavy (non-hydrogen) atoms. The van der Waals surface area contributed by atoms with Crippen molar-refractivity contribution >= 4 is 11.6 Å². The van der Waals surface area contributed by atoms with Crippen molar-refractivity contribution in [2.45, 2.75) is 19.6 Å². The molecule has 0 amide bonds. The molecule has 1 aliphatic heterocycles. The van der Waals surface area contributed by atoms with Gasteiger partial charge in [0.05, 0.1) is 31.2 Å². The molecule has 3 aromatic rings. The third-order valence-corrected chi connectivity index (χ3v) is 4.87. The van der Waals surface area contributed by atoms with E-state index in [4.69, 9.17) is 30.5 Å². The summed E-state index contributed by atoms with van der Waals surface area (Å²) in [5.41, 5.74) is 3.61. The molecule has 1 aromatic carbocycles. The van der Waals surface area contributed by atoms with Gasteiger partial charge in [-0.25, -0.2) is 4.98 Å². The molecule has 1 aliphatic rings. The zero-order valence-corrected chi connectivity index (χ0v) is 17.5. The number of pyridine rings is 2. The lowest BCUT2D eigenvalue weighted by Gasteiger charge is -2.23.